The lowest BCUT2D eigenvalue weighted by Gasteiger charge is -2.08. The van der Waals surface area contributed by atoms with E-state index in [0.717, 1.165) is 22.3 Å². The molecule has 0 radical (unpaired) electrons. The Morgan fingerprint density at radius 1 is 1.03 bits per heavy atom. The number of carbonyl (C=O) groups excluding carboxylic acids is 1. The number of pyridine rings is 1. The molecule has 0 unspecified atom stereocenters. The Labute approximate surface area is 164 Å². The Morgan fingerprint density at radius 3 is 2.52 bits per heavy atom. The Kier molecular flexibility index (Phi) is 5.15. The lowest BCUT2D eigenvalue weighted by molar-refractivity contribution is -0.115. The lowest BCUT2D eigenvalue weighted by atomic mass is 10.0. The van der Waals surface area contributed by atoms with Crippen LogP contribution in [-0.4, -0.2) is 27.1 Å². The van der Waals surface area contributed by atoms with Crippen LogP contribution in [0.1, 0.15) is 5.56 Å². The number of hydrogen-bond donors (Lipinski definition) is 1. The third-order valence-corrected chi connectivity index (χ3v) is 4.30. The van der Waals surface area contributed by atoms with Gasteiger partial charge in [-0.2, -0.15) is 13.9 Å². The average Bonchev–Trinajstić information content (AvgIpc) is 3.17. The van der Waals surface area contributed by atoms with Gasteiger partial charge in [0, 0.05) is 11.9 Å². The average molecular weight is 394 g/mol. The van der Waals surface area contributed by atoms with E-state index in [1.807, 2.05) is 42.6 Å². The van der Waals surface area contributed by atoms with E-state index in [9.17, 15) is 13.6 Å². The zero-order valence-corrected chi connectivity index (χ0v) is 15.1. The molecular weight excluding hydrogens is 378 g/mol. The van der Waals surface area contributed by atoms with Crippen molar-refractivity contribution in [3.63, 3.8) is 0 Å². The van der Waals surface area contributed by atoms with Crippen LogP contribution < -0.4 is 10.1 Å². The van der Waals surface area contributed by atoms with Crippen LogP contribution in [0.15, 0.2) is 73.2 Å². The molecule has 4 rings (SSSR count). The second-order valence-corrected chi connectivity index (χ2v) is 6.30. The molecule has 29 heavy (non-hydrogen) atoms. The number of anilines is 1. The molecule has 2 aromatic carbocycles. The minimum atomic E-state index is -2.88. The Morgan fingerprint density at radius 2 is 1.79 bits per heavy atom. The molecule has 0 fully saturated rings. The molecule has 146 valence electrons. The topological polar surface area (TPSA) is 68.5 Å². The molecule has 4 aromatic rings. The summed E-state index contributed by atoms with van der Waals surface area (Å²) in [6.45, 7) is -2.88. The summed E-state index contributed by atoms with van der Waals surface area (Å²) >= 11 is 0. The normalized spacial score (nSPS) is 11.0. The SMILES string of the molecule is O=C(Cc1ccc(-c2ccn3ncnc3c2)cc1)Nc1ccc(OC(F)F)cc1. The van der Waals surface area contributed by atoms with Gasteiger partial charge in [-0.3, -0.25) is 4.79 Å². The Bertz CT molecular complexity index is 1130. The molecule has 1 amide bonds. The lowest BCUT2D eigenvalue weighted by Crippen LogP contribution is -2.14. The maximum absolute atomic E-state index is 12.2. The van der Waals surface area contributed by atoms with Crippen molar-refractivity contribution in [1.29, 1.82) is 0 Å². The van der Waals surface area contributed by atoms with E-state index in [4.69, 9.17) is 0 Å². The van der Waals surface area contributed by atoms with Crippen LogP contribution in [-0.2, 0) is 11.2 Å². The Hall–Kier alpha value is -3.81. The number of nitrogens with one attached hydrogen (secondary N) is 1. The van der Waals surface area contributed by atoms with Crippen LogP contribution in [0.3, 0.4) is 0 Å². The number of fused-ring (bicyclic) bond motifs is 1. The first kappa shape index (κ1) is 18.5. The van der Waals surface area contributed by atoms with Crippen molar-refractivity contribution in [2.45, 2.75) is 13.0 Å². The first-order valence-corrected chi connectivity index (χ1v) is 8.80. The molecule has 0 aliphatic rings. The highest BCUT2D eigenvalue weighted by molar-refractivity contribution is 5.92. The summed E-state index contributed by atoms with van der Waals surface area (Å²) in [5.41, 5.74) is 4.14. The van der Waals surface area contributed by atoms with Crippen LogP contribution in [0.5, 0.6) is 5.75 Å². The van der Waals surface area contributed by atoms with Gasteiger partial charge >= 0.3 is 6.61 Å². The van der Waals surface area contributed by atoms with Gasteiger partial charge < -0.3 is 10.1 Å². The number of carbonyl (C=O) groups is 1. The van der Waals surface area contributed by atoms with Crippen molar-refractivity contribution >= 4 is 17.2 Å². The van der Waals surface area contributed by atoms with E-state index in [-0.39, 0.29) is 18.1 Å². The Balaban J connectivity index is 1.38. The summed E-state index contributed by atoms with van der Waals surface area (Å²) in [4.78, 5) is 16.4. The van der Waals surface area contributed by atoms with Crippen LogP contribution in [0.2, 0.25) is 0 Å². The largest absolute Gasteiger partial charge is 0.435 e. The molecule has 8 heteroatoms. The van der Waals surface area contributed by atoms with Gasteiger partial charge in [0.2, 0.25) is 5.91 Å². The van der Waals surface area contributed by atoms with E-state index in [1.54, 1.807) is 4.52 Å². The zero-order valence-electron chi connectivity index (χ0n) is 15.1. The molecular formula is C21H16F2N4O2. The molecule has 0 aliphatic heterocycles. The van der Waals surface area contributed by atoms with Gasteiger partial charge in [0.05, 0.1) is 6.42 Å². The summed E-state index contributed by atoms with van der Waals surface area (Å²) in [6.07, 6.45) is 3.54. The van der Waals surface area contributed by atoms with Crippen LogP contribution >= 0.6 is 0 Å². The quantitative estimate of drug-likeness (QED) is 0.533. The molecule has 0 bridgehead atoms. The number of benzene rings is 2. The van der Waals surface area contributed by atoms with Crippen molar-refractivity contribution in [2.75, 3.05) is 5.32 Å². The number of halogens is 2. The highest BCUT2D eigenvalue weighted by Gasteiger charge is 2.07. The first-order valence-electron chi connectivity index (χ1n) is 8.80. The van der Waals surface area contributed by atoms with E-state index in [2.05, 4.69) is 20.1 Å². The van der Waals surface area contributed by atoms with Gasteiger partial charge in [0.15, 0.2) is 5.65 Å². The third-order valence-electron chi connectivity index (χ3n) is 4.30. The fraction of sp³-hybridized carbons (Fsp3) is 0.0952. The van der Waals surface area contributed by atoms with Gasteiger partial charge in [-0.25, -0.2) is 9.50 Å². The number of alkyl halides is 2. The summed E-state index contributed by atoms with van der Waals surface area (Å²) < 4.78 is 30.3. The zero-order chi connectivity index (χ0) is 20.2. The fourth-order valence-corrected chi connectivity index (χ4v) is 2.92. The molecule has 2 aromatic heterocycles. The number of rotatable bonds is 6. The standard InChI is InChI=1S/C21H16F2N4O2/c22-21(23)29-18-7-5-17(6-8-18)26-20(28)11-14-1-3-15(4-2-14)16-9-10-27-19(12-16)24-13-25-27/h1-10,12-13,21H,11H2,(H,26,28). The summed E-state index contributed by atoms with van der Waals surface area (Å²) in [7, 11) is 0. The summed E-state index contributed by atoms with van der Waals surface area (Å²) in [5.74, 6) is -0.164. The van der Waals surface area contributed by atoms with Gasteiger partial charge in [0.1, 0.15) is 12.1 Å². The first-order chi connectivity index (χ1) is 14.1. The van der Waals surface area contributed by atoms with Crippen molar-refractivity contribution in [3.8, 4) is 16.9 Å². The van der Waals surface area contributed by atoms with E-state index in [0.29, 0.717) is 5.69 Å². The maximum Gasteiger partial charge on any atom is 0.387 e. The van der Waals surface area contributed by atoms with Gasteiger partial charge in [-0.15, -0.1) is 0 Å². The molecule has 0 spiro atoms. The van der Waals surface area contributed by atoms with Crippen molar-refractivity contribution in [3.05, 3.63) is 78.8 Å². The molecule has 6 nitrogen and oxygen atoms in total. The second kappa shape index (κ2) is 8.05. The predicted molar refractivity (Wildman–Crippen MR) is 104 cm³/mol. The maximum atomic E-state index is 12.2. The predicted octanol–water partition coefficient (Wildman–Crippen LogP) is 4.18. The molecule has 0 atom stereocenters. The summed E-state index contributed by atoms with van der Waals surface area (Å²) in [6, 6.07) is 17.3. The molecule has 0 saturated carbocycles. The highest BCUT2D eigenvalue weighted by atomic mass is 19.3. The fourth-order valence-electron chi connectivity index (χ4n) is 2.92. The van der Waals surface area contributed by atoms with Crippen molar-refractivity contribution in [1.82, 2.24) is 14.6 Å². The van der Waals surface area contributed by atoms with E-state index in [1.165, 1.54) is 30.6 Å². The van der Waals surface area contributed by atoms with Gasteiger partial charge in [0.25, 0.3) is 0 Å². The number of nitrogens with zero attached hydrogens (tertiary/aromatic N) is 3. The number of amides is 1. The second-order valence-electron chi connectivity index (χ2n) is 6.30. The number of hydrogen-bond acceptors (Lipinski definition) is 4. The van der Waals surface area contributed by atoms with E-state index >= 15 is 0 Å². The highest BCUT2D eigenvalue weighted by Crippen LogP contribution is 2.21. The van der Waals surface area contributed by atoms with Gasteiger partial charge in [-0.1, -0.05) is 24.3 Å². The monoisotopic (exact) mass is 394 g/mol. The van der Waals surface area contributed by atoms with Gasteiger partial charge in [-0.05, 0) is 53.1 Å². The van der Waals surface area contributed by atoms with Crippen LogP contribution in [0, 0.1) is 0 Å². The molecule has 0 saturated heterocycles. The molecule has 1 N–H and O–H groups in total. The smallest absolute Gasteiger partial charge is 0.387 e. The third kappa shape index (κ3) is 4.55. The van der Waals surface area contributed by atoms with Crippen molar-refractivity contribution in [2.24, 2.45) is 0 Å². The van der Waals surface area contributed by atoms with Crippen LogP contribution in [0.25, 0.3) is 16.8 Å². The number of aromatic nitrogens is 3. The minimum absolute atomic E-state index is 0.0397. The van der Waals surface area contributed by atoms with E-state index < -0.39 is 6.61 Å². The minimum Gasteiger partial charge on any atom is -0.435 e. The number of ether oxygens (including phenoxy) is 1. The van der Waals surface area contributed by atoms with Crippen LogP contribution in [0.4, 0.5) is 14.5 Å². The molecule has 2 heterocycles. The van der Waals surface area contributed by atoms with Crippen molar-refractivity contribution < 1.29 is 18.3 Å². The summed E-state index contributed by atoms with van der Waals surface area (Å²) in [5, 5.41) is 6.81. The molecule has 0 aliphatic carbocycles.